The Labute approximate surface area is 156 Å². The molecule has 5 heteroatoms. The van der Waals surface area contributed by atoms with Crippen LogP contribution in [-0.2, 0) is 15.9 Å². The van der Waals surface area contributed by atoms with Gasteiger partial charge in [-0.15, -0.1) is 23.5 Å². The van der Waals surface area contributed by atoms with Gasteiger partial charge in [-0.25, -0.2) is 0 Å². The maximum atomic E-state index is 11.8. The van der Waals surface area contributed by atoms with Crippen LogP contribution >= 0.6 is 23.5 Å². The highest BCUT2D eigenvalue weighted by Crippen LogP contribution is 2.63. The lowest BCUT2D eigenvalue weighted by Crippen LogP contribution is -2.52. The number of aryl methyl sites for hydroxylation is 1. The normalized spacial score (nSPS) is 27.3. The SMILES string of the molecule is CN1C=C(C=O)C2CC1C1(SCCCS1)c1c2c2ccccc2n1C. The van der Waals surface area contributed by atoms with E-state index in [-0.39, 0.29) is 10.00 Å². The molecule has 1 aromatic carbocycles. The molecule has 2 bridgehead atoms. The van der Waals surface area contributed by atoms with E-state index < -0.39 is 0 Å². The summed E-state index contributed by atoms with van der Waals surface area (Å²) in [6.07, 6.45) is 5.50. The summed E-state index contributed by atoms with van der Waals surface area (Å²) < 4.78 is 2.48. The third kappa shape index (κ3) is 2.00. The molecule has 2 atom stereocenters. The molecular weight excluding hydrogens is 348 g/mol. The van der Waals surface area contributed by atoms with Gasteiger partial charge in [-0.3, -0.25) is 4.79 Å². The van der Waals surface area contributed by atoms with Crippen LogP contribution in [0.25, 0.3) is 10.9 Å². The average molecular weight is 371 g/mol. The van der Waals surface area contributed by atoms with Crippen LogP contribution in [0.2, 0.25) is 0 Å². The van der Waals surface area contributed by atoms with Gasteiger partial charge in [0.25, 0.3) is 0 Å². The standard InChI is InChI=1S/C20H22N2OS2/c1-21-11-13(12-23)15-10-17(21)20(24-8-5-9-25-20)19-18(15)14-6-3-4-7-16(14)22(19)2/h3-4,6-7,11-12,15,17H,5,8-10H2,1-2H3. The monoisotopic (exact) mass is 370 g/mol. The molecule has 1 fully saturated rings. The van der Waals surface area contributed by atoms with Gasteiger partial charge in [0.2, 0.25) is 0 Å². The van der Waals surface area contributed by atoms with Crippen LogP contribution in [0.3, 0.4) is 0 Å². The summed E-state index contributed by atoms with van der Waals surface area (Å²) in [5, 5.41) is 1.33. The van der Waals surface area contributed by atoms with Gasteiger partial charge >= 0.3 is 0 Å². The number of aromatic nitrogens is 1. The molecule has 2 aliphatic heterocycles. The first-order chi connectivity index (χ1) is 12.2. The van der Waals surface area contributed by atoms with Gasteiger partial charge < -0.3 is 9.47 Å². The second kappa shape index (κ2) is 5.58. The van der Waals surface area contributed by atoms with Crippen molar-refractivity contribution in [3.63, 3.8) is 0 Å². The molecule has 25 heavy (non-hydrogen) atoms. The minimum atomic E-state index is 0.0670. The van der Waals surface area contributed by atoms with Crippen LogP contribution in [0.5, 0.6) is 0 Å². The van der Waals surface area contributed by atoms with Crippen molar-refractivity contribution in [2.45, 2.75) is 28.9 Å². The van der Waals surface area contributed by atoms with Gasteiger partial charge in [0.1, 0.15) is 10.4 Å². The van der Waals surface area contributed by atoms with Crippen molar-refractivity contribution in [1.82, 2.24) is 9.47 Å². The van der Waals surface area contributed by atoms with E-state index in [1.165, 1.54) is 40.1 Å². The topological polar surface area (TPSA) is 25.2 Å². The highest BCUT2D eigenvalue weighted by atomic mass is 32.2. The Kier molecular flexibility index (Phi) is 3.55. The number of likely N-dealkylation sites (N-methyl/N-ethyl adjacent to an activating group) is 1. The largest absolute Gasteiger partial charge is 0.374 e. The summed E-state index contributed by atoms with van der Waals surface area (Å²) in [7, 11) is 4.36. The number of aldehydes is 1. The fourth-order valence-corrected chi connectivity index (χ4v) is 8.87. The van der Waals surface area contributed by atoms with E-state index in [2.05, 4.69) is 77.6 Å². The first-order valence-electron chi connectivity index (χ1n) is 8.92. The molecule has 0 radical (unpaired) electrons. The Morgan fingerprint density at radius 3 is 2.72 bits per heavy atom. The molecule has 0 saturated carbocycles. The molecule has 5 rings (SSSR count). The summed E-state index contributed by atoms with van der Waals surface area (Å²) in [5.41, 5.74) is 5.07. The maximum Gasteiger partial charge on any atom is 0.148 e. The third-order valence-corrected chi connectivity index (χ3v) is 9.51. The Morgan fingerprint density at radius 2 is 1.96 bits per heavy atom. The molecule has 3 aliphatic rings. The summed E-state index contributed by atoms with van der Waals surface area (Å²) >= 11 is 4.25. The summed E-state index contributed by atoms with van der Waals surface area (Å²) in [4.78, 5) is 14.1. The van der Waals surface area contributed by atoms with Crippen molar-refractivity contribution in [3.8, 4) is 0 Å². The molecule has 3 nitrogen and oxygen atoms in total. The molecular formula is C20H22N2OS2. The van der Waals surface area contributed by atoms with Crippen molar-refractivity contribution in [1.29, 1.82) is 0 Å². The predicted molar refractivity (Wildman–Crippen MR) is 107 cm³/mol. The summed E-state index contributed by atoms with van der Waals surface area (Å²) in [5.74, 6) is 2.66. The zero-order chi connectivity index (χ0) is 17.2. The number of benzene rings is 1. The number of carbonyl (C=O) groups excluding carboxylic acids is 1. The van der Waals surface area contributed by atoms with Crippen LogP contribution in [0.15, 0.2) is 36.0 Å². The van der Waals surface area contributed by atoms with Crippen LogP contribution < -0.4 is 0 Å². The predicted octanol–water partition coefficient (Wildman–Crippen LogP) is 4.09. The molecule has 130 valence electrons. The van der Waals surface area contributed by atoms with Gasteiger partial charge in [-0.1, -0.05) is 18.2 Å². The average Bonchev–Trinajstić information content (AvgIpc) is 2.96. The number of rotatable bonds is 1. The first kappa shape index (κ1) is 15.9. The van der Waals surface area contributed by atoms with Crippen LogP contribution in [0, 0.1) is 0 Å². The van der Waals surface area contributed by atoms with Crippen molar-refractivity contribution in [3.05, 3.63) is 47.3 Å². The van der Waals surface area contributed by atoms with Gasteiger partial charge in [0, 0.05) is 42.7 Å². The first-order valence-corrected chi connectivity index (χ1v) is 10.9. The smallest absolute Gasteiger partial charge is 0.148 e. The highest BCUT2D eigenvalue weighted by Gasteiger charge is 2.55. The summed E-state index contributed by atoms with van der Waals surface area (Å²) in [6.45, 7) is 0. The van der Waals surface area contributed by atoms with Crippen molar-refractivity contribution in [2.75, 3.05) is 18.6 Å². The number of fused-ring (bicyclic) bond motifs is 8. The number of para-hydroxylation sites is 1. The van der Waals surface area contributed by atoms with Crippen LogP contribution in [-0.4, -0.2) is 40.3 Å². The quantitative estimate of drug-likeness (QED) is 0.706. The van der Waals surface area contributed by atoms with Crippen molar-refractivity contribution in [2.24, 2.45) is 7.05 Å². The molecule has 1 aliphatic carbocycles. The number of hydrogen-bond acceptors (Lipinski definition) is 4. The number of carbonyl (C=O) groups is 1. The number of hydrogen-bond donors (Lipinski definition) is 0. The second-order valence-corrected chi connectivity index (χ2v) is 10.2. The number of allylic oxidation sites excluding steroid dienone is 1. The second-order valence-electron chi connectivity index (χ2n) is 7.27. The highest BCUT2D eigenvalue weighted by molar-refractivity contribution is 8.18. The van der Waals surface area contributed by atoms with E-state index in [1.807, 2.05) is 0 Å². The zero-order valence-corrected chi connectivity index (χ0v) is 16.2. The fraction of sp³-hybridized carbons (Fsp3) is 0.450. The maximum absolute atomic E-state index is 11.8. The van der Waals surface area contributed by atoms with E-state index in [0.717, 1.165) is 18.3 Å². The Morgan fingerprint density at radius 1 is 1.20 bits per heavy atom. The lowest BCUT2D eigenvalue weighted by molar-refractivity contribution is -0.105. The number of nitrogens with zero attached hydrogens (tertiary/aromatic N) is 2. The molecule has 0 amide bonds. The van der Waals surface area contributed by atoms with E-state index in [9.17, 15) is 4.79 Å². The van der Waals surface area contributed by atoms with E-state index in [1.54, 1.807) is 0 Å². The lowest BCUT2D eigenvalue weighted by Gasteiger charge is -2.53. The van der Waals surface area contributed by atoms with Crippen LogP contribution in [0.4, 0.5) is 0 Å². The van der Waals surface area contributed by atoms with Gasteiger partial charge in [-0.05, 0) is 36.0 Å². The Balaban J connectivity index is 1.87. The fourth-order valence-electron chi connectivity index (χ4n) is 4.99. The Bertz CT molecular complexity index is 894. The van der Waals surface area contributed by atoms with E-state index >= 15 is 0 Å². The molecule has 2 unspecified atom stereocenters. The van der Waals surface area contributed by atoms with Crippen molar-refractivity contribution < 1.29 is 4.79 Å². The minimum Gasteiger partial charge on any atom is -0.374 e. The molecule has 1 aromatic heterocycles. The van der Waals surface area contributed by atoms with E-state index in [4.69, 9.17) is 0 Å². The minimum absolute atomic E-state index is 0.0670. The molecule has 1 spiro atoms. The summed E-state index contributed by atoms with van der Waals surface area (Å²) in [6, 6.07) is 9.14. The molecule has 2 aromatic rings. The third-order valence-electron chi connectivity index (χ3n) is 6.03. The van der Waals surface area contributed by atoms with Gasteiger partial charge in [0.15, 0.2) is 0 Å². The lowest BCUT2D eigenvalue weighted by atomic mass is 9.75. The molecule has 3 heterocycles. The van der Waals surface area contributed by atoms with Crippen LogP contribution in [0.1, 0.15) is 30.0 Å². The van der Waals surface area contributed by atoms with Gasteiger partial charge in [0.05, 0.1) is 11.7 Å². The zero-order valence-electron chi connectivity index (χ0n) is 14.6. The molecule has 1 saturated heterocycles. The molecule has 0 N–H and O–H groups in total. The van der Waals surface area contributed by atoms with E-state index in [0.29, 0.717) is 6.04 Å². The van der Waals surface area contributed by atoms with Gasteiger partial charge in [-0.2, -0.15) is 0 Å². The number of thioether (sulfide) groups is 2. The van der Waals surface area contributed by atoms with Crippen molar-refractivity contribution >= 4 is 40.7 Å². The Hall–Kier alpha value is -1.33.